The number of carbonyl (C=O) groups is 2. The van der Waals surface area contributed by atoms with E-state index in [1.54, 1.807) is 24.3 Å². The van der Waals surface area contributed by atoms with Crippen molar-refractivity contribution in [2.24, 2.45) is 0 Å². The fraction of sp³-hybridized carbons (Fsp3) is 0.290. The number of aliphatic hydroxyl groups is 1. The molecule has 6 rings (SSSR count). The van der Waals surface area contributed by atoms with E-state index in [1.165, 1.54) is 24.2 Å². The van der Waals surface area contributed by atoms with E-state index >= 15 is 0 Å². The summed E-state index contributed by atoms with van der Waals surface area (Å²) in [5.74, 6) is -0.541. The van der Waals surface area contributed by atoms with Crippen LogP contribution in [0.25, 0.3) is 16.6 Å². The van der Waals surface area contributed by atoms with Gasteiger partial charge in [0.25, 0.3) is 11.8 Å². The minimum Gasteiger partial charge on any atom is -0.387 e. The Morgan fingerprint density at radius 2 is 1.55 bits per heavy atom. The Morgan fingerprint density at radius 3 is 2.21 bits per heavy atom. The molecule has 1 N–H and O–H groups in total. The fourth-order valence-corrected chi connectivity index (χ4v) is 6.10. The number of halogens is 1. The zero-order valence-corrected chi connectivity index (χ0v) is 22.1. The molecule has 2 aliphatic rings. The maximum absolute atomic E-state index is 13.0. The van der Waals surface area contributed by atoms with Gasteiger partial charge in [-0.1, -0.05) is 42.3 Å². The smallest absolute Gasteiger partial charge is 0.261 e. The first-order chi connectivity index (χ1) is 18.4. The van der Waals surface area contributed by atoms with Gasteiger partial charge in [-0.2, -0.15) is 0 Å². The van der Waals surface area contributed by atoms with Crippen molar-refractivity contribution < 1.29 is 14.7 Å². The lowest BCUT2D eigenvalue weighted by Gasteiger charge is -2.28. The molecule has 0 aliphatic carbocycles. The summed E-state index contributed by atoms with van der Waals surface area (Å²) in [5, 5.41) is 13.1. The van der Waals surface area contributed by atoms with Gasteiger partial charge in [-0.05, 0) is 80.9 Å². The number of fused-ring (bicyclic) bond motifs is 2. The van der Waals surface area contributed by atoms with Crippen LogP contribution >= 0.6 is 11.6 Å². The van der Waals surface area contributed by atoms with E-state index in [9.17, 15) is 14.7 Å². The molecule has 6 nitrogen and oxygen atoms in total. The van der Waals surface area contributed by atoms with Gasteiger partial charge in [-0.3, -0.25) is 14.5 Å². The molecule has 1 unspecified atom stereocenters. The summed E-state index contributed by atoms with van der Waals surface area (Å²) in [7, 11) is 0. The van der Waals surface area contributed by atoms with Crippen molar-refractivity contribution in [3.8, 4) is 5.69 Å². The SMILES string of the molecule is Cc1c(C(O)CN2CCCCC2)c2ccc(CN3C(=O)c4ccccc4C3=O)cc2n1-c1ccc(Cl)cc1. The highest BCUT2D eigenvalue weighted by Gasteiger charge is 2.35. The second kappa shape index (κ2) is 10.0. The number of imide groups is 1. The van der Waals surface area contributed by atoms with Gasteiger partial charge in [0.1, 0.15) is 0 Å². The Hall–Kier alpha value is -3.45. The van der Waals surface area contributed by atoms with Gasteiger partial charge in [0.2, 0.25) is 0 Å². The second-order valence-corrected chi connectivity index (χ2v) is 10.7. The van der Waals surface area contributed by atoms with Crippen LogP contribution in [0.3, 0.4) is 0 Å². The molecule has 38 heavy (non-hydrogen) atoms. The molecule has 1 fully saturated rings. The van der Waals surface area contributed by atoms with Gasteiger partial charge in [-0.15, -0.1) is 0 Å². The third-order valence-electron chi connectivity index (χ3n) is 7.84. The van der Waals surface area contributed by atoms with Crippen molar-refractivity contribution in [1.29, 1.82) is 0 Å². The number of β-amino-alcohol motifs (C(OH)–C–C–N with tert-alkyl or cyclic N) is 1. The van der Waals surface area contributed by atoms with Crippen LogP contribution in [-0.4, -0.2) is 50.9 Å². The molecule has 3 heterocycles. The molecule has 0 saturated carbocycles. The Morgan fingerprint density at radius 1 is 0.895 bits per heavy atom. The van der Waals surface area contributed by atoms with Crippen molar-refractivity contribution in [2.45, 2.75) is 38.8 Å². The Bertz CT molecular complexity index is 1500. The van der Waals surface area contributed by atoms with E-state index in [0.717, 1.165) is 46.5 Å². The molecule has 4 aromatic rings. The van der Waals surface area contributed by atoms with Crippen molar-refractivity contribution in [3.63, 3.8) is 0 Å². The van der Waals surface area contributed by atoms with Crippen molar-refractivity contribution in [1.82, 2.24) is 14.4 Å². The molecule has 7 heteroatoms. The number of benzene rings is 3. The van der Waals surface area contributed by atoms with Crippen LogP contribution in [0.5, 0.6) is 0 Å². The van der Waals surface area contributed by atoms with E-state index in [2.05, 4.69) is 9.47 Å². The number of carbonyl (C=O) groups excluding carboxylic acids is 2. The number of nitrogens with zero attached hydrogens (tertiary/aromatic N) is 3. The summed E-state index contributed by atoms with van der Waals surface area (Å²) < 4.78 is 2.13. The van der Waals surface area contributed by atoms with Gasteiger partial charge in [-0.25, -0.2) is 0 Å². The van der Waals surface area contributed by atoms with Crippen LogP contribution in [0.1, 0.15) is 62.9 Å². The summed E-state index contributed by atoms with van der Waals surface area (Å²) in [6, 6.07) is 20.6. The maximum atomic E-state index is 13.0. The highest BCUT2D eigenvalue weighted by Crippen LogP contribution is 2.35. The minimum absolute atomic E-state index is 0.179. The largest absolute Gasteiger partial charge is 0.387 e. The first-order valence-electron chi connectivity index (χ1n) is 13.2. The average molecular weight is 528 g/mol. The average Bonchev–Trinajstić information content (AvgIpc) is 3.35. The Kier molecular flexibility index (Phi) is 6.56. The normalized spacial score (nSPS) is 16.9. The van der Waals surface area contributed by atoms with E-state index in [-0.39, 0.29) is 18.4 Å². The standard InChI is InChI=1S/C31H30ClN3O3/c1-20-29(28(36)19-33-15-5-2-6-16-33)26-14-9-21(17-27(26)35(20)23-12-10-22(32)11-13-23)18-34-30(37)24-7-3-4-8-25(24)31(34)38/h3-4,7-14,17,28,36H,2,5-6,15-16,18-19H2,1H3. The quantitative estimate of drug-likeness (QED) is 0.317. The predicted octanol–water partition coefficient (Wildman–Crippen LogP) is 5.91. The lowest BCUT2D eigenvalue weighted by Crippen LogP contribution is -2.33. The summed E-state index contributed by atoms with van der Waals surface area (Å²) in [6.07, 6.45) is 2.95. The molecular weight excluding hydrogens is 498 g/mol. The number of aliphatic hydroxyl groups excluding tert-OH is 1. The molecule has 1 saturated heterocycles. The number of rotatable bonds is 6. The van der Waals surface area contributed by atoms with Crippen LogP contribution in [0, 0.1) is 6.92 Å². The molecule has 0 bridgehead atoms. The van der Waals surface area contributed by atoms with E-state index in [0.29, 0.717) is 22.7 Å². The first kappa shape index (κ1) is 24.9. The highest BCUT2D eigenvalue weighted by molar-refractivity contribution is 6.30. The topological polar surface area (TPSA) is 65.8 Å². The fourth-order valence-electron chi connectivity index (χ4n) is 5.97. The molecule has 1 atom stereocenters. The third-order valence-corrected chi connectivity index (χ3v) is 8.09. The molecule has 0 radical (unpaired) electrons. The Balaban J connectivity index is 1.40. The number of amides is 2. The number of aromatic nitrogens is 1. The minimum atomic E-state index is -0.633. The third kappa shape index (κ3) is 4.33. The predicted molar refractivity (Wildman–Crippen MR) is 149 cm³/mol. The lowest BCUT2D eigenvalue weighted by molar-refractivity contribution is 0.0642. The summed E-state index contributed by atoms with van der Waals surface area (Å²) in [5.41, 5.74) is 5.47. The van der Waals surface area contributed by atoms with Gasteiger partial charge < -0.3 is 14.6 Å². The maximum Gasteiger partial charge on any atom is 0.261 e. The van der Waals surface area contributed by atoms with Gasteiger partial charge in [0, 0.05) is 33.9 Å². The van der Waals surface area contributed by atoms with Gasteiger partial charge in [0.15, 0.2) is 0 Å². The number of likely N-dealkylation sites (tertiary alicyclic amines) is 1. The molecular formula is C31H30ClN3O3. The van der Waals surface area contributed by atoms with Gasteiger partial charge in [0.05, 0.1) is 29.3 Å². The second-order valence-electron chi connectivity index (χ2n) is 10.3. The number of hydrogen-bond donors (Lipinski definition) is 1. The molecule has 194 valence electrons. The van der Waals surface area contributed by atoms with E-state index in [1.807, 2.05) is 49.4 Å². The molecule has 3 aromatic carbocycles. The van der Waals surface area contributed by atoms with Crippen LogP contribution in [0.2, 0.25) is 5.02 Å². The van der Waals surface area contributed by atoms with Crippen LogP contribution < -0.4 is 0 Å². The molecule has 1 aromatic heterocycles. The Labute approximate surface area is 227 Å². The van der Waals surface area contributed by atoms with E-state index < -0.39 is 6.10 Å². The zero-order chi connectivity index (χ0) is 26.4. The number of piperidine rings is 1. The summed E-state index contributed by atoms with van der Waals surface area (Å²) in [4.78, 5) is 29.6. The van der Waals surface area contributed by atoms with Crippen LogP contribution in [-0.2, 0) is 6.54 Å². The number of hydrogen-bond acceptors (Lipinski definition) is 4. The van der Waals surface area contributed by atoms with Crippen LogP contribution in [0.15, 0.2) is 66.7 Å². The summed E-state index contributed by atoms with van der Waals surface area (Å²) >= 11 is 6.18. The molecule has 0 spiro atoms. The first-order valence-corrected chi connectivity index (χ1v) is 13.6. The summed E-state index contributed by atoms with van der Waals surface area (Å²) in [6.45, 7) is 4.83. The van der Waals surface area contributed by atoms with Crippen molar-refractivity contribution >= 4 is 34.3 Å². The lowest BCUT2D eigenvalue weighted by atomic mass is 10.0. The van der Waals surface area contributed by atoms with E-state index in [4.69, 9.17) is 11.6 Å². The molecule has 2 aliphatic heterocycles. The van der Waals surface area contributed by atoms with Crippen molar-refractivity contribution in [3.05, 3.63) is 99.7 Å². The van der Waals surface area contributed by atoms with Crippen LogP contribution in [0.4, 0.5) is 0 Å². The van der Waals surface area contributed by atoms with Crippen molar-refractivity contribution in [2.75, 3.05) is 19.6 Å². The van der Waals surface area contributed by atoms with Gasteiger partial charge >= 0.3 is 0 Å². The monoisotopic (exact) mass is 527 g/mol. The zero-order valence-electron chi connectivity index (χ0n) is 21.4. The highest BCUT2D eigenvalue weighted by atomic mass is 35.5. The molecule has 2 amide bonds.